The van der Waals surface area contributed by atoms with Gasteiger partial charge in [0, 0.05) is 22.8 Å². The number of nitrogens with two attached hydrogens (primary N) is 1. The molecule has 3 rings (SSSR count). The van der Waals surface area contributed by atoms with Crippen molar-refractivity contribution in [3.8, 4) is 5.75 Å². The summed E-state index contributed by atoms with van der Waals surface area (Å²) in [5, 5.41) is 0. The molecule has 0 spiro atoms. The molecule has 0 saturated carbocycles. The SMILES string of the molecule is COc1ccc(CN2C=Cc3cccc(Br)c3C2N)cc1. The van der Waals surface area contributed by atoms with Crippen LogP contribution in [-0.4, -0.2) is 12.0 Å². The third-order valence-electron chi connectivity index (χ3n) is 3.71. The average Bonchev–Trinajstić information content (AvgIpc) is 2.51. The molecule has 21 heavy (non-hydrogen) atoms. The molecule has 0 bridgehead atoms. The lowest BCUT2D eigenvalue weighted by molar-refractivity contribution is 0.274. The average molecular weight is 345 g/mol. The smallest absolute Gasteiger partial charge is 0.118 e. The Morgan fingerprint density at radius 3 is 2.67 bits per heavy atom. The molecule has 0 saturated heterocycles. The van der Waals surface area contributed by atoms with Crippen LogP contribution in [0.15, 0.2) is 53.1 Å². The Labute approximate surface area is 133 Å². The van der Waals surface area contributed by atoms with Gasteiger partial charge in [-0.3, -0.25) is 0 Å². The summed E-state index contributed by atoms with van der Waals surface area (Å²) >= 11 is 3.60. The molecule has 1 aliphatic rings. The molecule has 108 valence electrons. The molecular formula is C17H17BrN2O. The van der Waals surface area contributed by atoms with E-state index in [4.69, 9.17) is 10.5 Å². The van der Waals surface area contributed by atoms with Crippen LogP contribution in [0.3, 0.4) is 0 Å². The summed E-state index contributed by atoms with van der Waals surface area (Å²) in [6, 6.07) is 14.2. The van der Waals surface area contributed by atoms with Crippen molar-refractivity contribution in [2.24, 2.45) is 5.73 Å². The summed E-state index contributed by atoms with van der Waals surface area (Å²) in [6.07, 6.45) is 4.01. The number of nitrogens with zero attached hydrogens (tertiary/aromatic N) is 1. The molecule has 1 heterocycles. The van der Waals surface area contributed by atoms with E-state index in [1.54, 1.807) is 7.11 Å². The zero-order chi connectivity index (χ0) is 14.8. The van der Waals surface area contributed by atoms with Crippen molar-refractivity contribution >= 4 is 22.0 Å². The Kier molecular flexibility index (Phi) is 3.99. The van der Waals surface area contributed by atoms with Crippen molar-refractivity contribution in [1.82, 2.24) is 4.90 Å². The quantitative estimate of drug-likeness (QED) is 0.917. The van der Waals surface area contributed by atoms with Crippen LogP contribution in [0.5, 0.6) is 5.75 Å². The first-order valence-corrected chi connectivity index (χ1v) is 7.59. The fourth-order valence-electron chi connectivity index (χ4n) is 2.54. The molecule has 1 atom stereocenters. The predicted octanol–water partition coefficient (Wildman–Crippen LogP) is 3.90. The monoisotopic (exact) mass is 344 g/mol. The highest BCUT2D eigenvalue weighted by Gasteiger charge is 2.22. The first-order chi connectivity index (χ1) is 10.2. The van der Waals surface area contributed by atoms with E-state index >= 15 is 0 Å². The van der Waals surface area contributed by atoms with Gasteiger partial charge in [-0.2, -0.15) is 0 Å². The van der Waals surface area contributed by atoms with Crippen LogP contribution >= 0.6 is 15.9 Å². The van der Waals surface area contributed by atoms with Crippen LogP contribution in [0.25, 0.3) is 6.08 Å². The number of fused-ring (bicyclic) bond motifs is 1. The Bertz CT molecular complexity index is 667. The highest BCUT2D eigenvalue weighted by Crippen LogP contribution is 2.33. The van der Waals surface area contributed by atoms with Gasteiger partial charge >= 0.3 is 0 Å². The van der Waals surface area contributed by atoms with Crippen molar-refractivity contribution in [3.63, 3.8) is 0 Å². The molecule has 2 aromatic rings. The molecule has 0 aromatic heterocycles. The van der Waals surface area contributed by atoms with Gasteiger partial charge in [0.05, 0.1) is 7.11 Å². The summed E-state index contributed by atoms with van der Waals surface area (Å²) in [5.41, 5.74) is 9.92. The van der Waals surface area contributed by atoms with E-state index in [1.165, 1.54) is 11.1 Å². The van der Waals surface area contributed by atoms with Gasteiger partial charge in [-0.1, -0.05) is 40.2 Å². The Hall–Kier alpha value is -1.78. The van der Waals surface area contributed by atoms with E-state index in [0.717, 1.165) is 22.3 Å². The van der Waals surface area contributed by atoms with Crippen LogP contribution in [0.2, 0.25) is 0 Å². The zero-order valence-electron chi connectivity index (χ0n) is 11.8. The van der Waals surface area contributed by atoms with Crippen LogP contribution < -0.4 is 10.5 Å². The number of rotatable bonds is 3. The second-order valence-electron chi connectivity index (χ2n) is 5.02. The van der Waals surface area contributed by atoms with Crippen molar-refractivity contribution in [2.75, 3.05) is 7.11 Å². The molecule has 2 N–H and O–H groups in total. The Morgan fingerprint density at radius 2 is 1.95 bits per heavy atom. The summed E-state index contributed by atoms with van der Waals surface area (Å²) in [4.78, 5) is 2.13. The lowest BCUT2D eigenvalue weighted by atomic mass is 10.0. The van der Waals surface area contributed by atoms with Crippen molar-refractivity contribution in [3.05, 3.63) is 69.8 Å². The minimum Gasteiger partial charge on any atom is -0.497 e. The van der Waals surface area contributed by atoms with Gasteiger partial charge in [0.1, 0.15) is 11.9 Å². The minimum atomic E-state index is -0.150. The molecular weight excluding hydrogens is 328 g/mol. The van der Waals surface area contributed by atoms with Crippen LogP contribution in [0, 0.1) is 0 Å². The molecule has 0 fully saturated rings. The molecule has 4 heteroatoms. The Balaban J connectivity index is 1.83. The lowest BCUT2D eigenvalue weighted by Crippen LogP contribution is -2.32. The number of ether oxygens (including phenoxy) is 1. The fourth-order valence-corrected chi connectivity index (χ4v) is 3.15. The molecule has 1 unspecified atom stereocenters. The van der Waals surface area contributed by atoms with Gasteiger partial charge in [0.25, 0.3) is 0 Å². The van der Waals surface area contributed by atoms with Gasteiger partial charge in [-0.15, -0.1) is 0 Å². The van der Waals surface area contributed by atoms with Crippen molar-refractivity contribution in [1.29, 1.82) is 0 Å². The number of hydrogen-bond donors (Lipinski definition) is 1. The maximum absolute atomic E-state index is 6.42. The highest BCUT2D eigenvalue weighted by atomic mass is 79.9. The summed E-state index contributed by atoms with van der Waals surface area (Å²) in [6.45, 7) is 0.766. The zero-order valence-corrected chi connectivity index (χ0v) is 13.4. The fraction of sp³-hybridized carbons (Fsp3) is 0.176. The van der Waals surface area contributed by atoms with Gasteiger partial charge < -0.3 is 15.4 Å². The Morgan fingerprint density at radius 1 is 1.19 bits per heavy atom. The number of hydrogen-bond acceptors (Lipinski definition) is 3. The van der Waals surface area contributed by atoms with Gasteiger partial charge in [0.15, 0.2) is 0 Å². The van der Waals surface area contributed by atoms with E-state index in [0.29, 0.717) is 0 Å². The first-order valence-electron chi connectivity index (χ1n) is 6.80. The second kappa shape index (κ2) is 5.92. The summed E-state index contributed by atoms with van der Waals surface area (Å²) in [5.74, 6) is 0.866. The maximum atomic E-state index is 6.42. The lowest BCUT2D eigenvalue weighted by Gasteiger charge is -2.33. The van der Waals surface area contributed by atoms with E-state index in [1.807, 2.05) is 24.3 Å². The normalized spacial score (nSPS) is 16.7. The van der Waals surface area contributed by atoms with Crippen molar-refractivity contribution < 1.29 is 4.74 Å². The van der Waals surface area contributed by atoms with E-state index in [-0.39, 0.29) is 6.17 Å². The van der Waals surface area contributed by atoms with Crippen LogP contribution in [-0.2, 0) is 6.54 Å². The molecule has 0 aliphatic carbocycles. The highest BCUT2D eigenvalue weighted by molar-refractivity contribution is 9.10. The second-order valence-corrected chi connectivity index (χ2v) is 5.88. The minimum absolute atomic E-state index is 0.150. The van der Waals surface area contributed by atoms with Gasteiger partial charge in [-0.25, -0.2) is 0 Å². The number of benzene rings is 2. The molecule has 0 radical (unpaired) electrons. The van der Waals surface area contributed by atoms with Gasteiger partial charge in [-0.05, 0) is 35.4 Å². The van der Waals surface area contributed by atoms with Crippen LogP contribution in [0.1, 0.15) is 22.9 Å². The topological polar surface area (TPSA) is 38.5 Å². The molecule has 1 aliphatic heterocycles. The van der Waals surface area contributed by atoms with E-state index in [2.05, 4.69) is 51.3 Å². The van der Waals surface area contributed by atoms with Crippen molar-refractivity contribution in [2.45, 2.75) is 12.7 Å². The largest absolute Gasteiger partial charge is 0.497 e. The summed E-state index contributed by atoms with van der Waals surface area (Å²) < 4.78 is 6.24. The van der Waals surface area contributed by atoms with Gasteiger partial charge in [0.2, 0.25) is 0 Å². The molecule has 3 nitrogen and oxygen atoms in total. The molecule has 2 aromatic carbocycles. The van der Waals surface area contributed by atoms with E-state index < -0.39 is 0 Å². The number of halogens is 1. The standard InChI is InChI=1S/C17H17BrN2O/c1-21-14-7-5-12(6-8-14)11-20-10-9-13-3-2-4-15(18)16(13)17(20)19/h2-10,17H,11,19H2,1H3. The van der Waals surface area contributed by atoms with Crippen LogP contribution in [0.4, 0.5) is 0 Å². The predicted molar refractivity (Wildman–Crippen MR) is 88.6 cm³/mol. The molecule has 0 amide bonds. The first kappa shape index (κ1) is 14.2. The third kappa shape index (κ3) is 2.82. The van der Waals surface area contributed by atoms with E-state index in [9.17, 15) is 0 Å². The number of methoxy groups -OCH3 is 1. The third-order valence-corrected chi connectivity index (χ3v) is 4.40. The summed E-state index contributed by atoms with van der Waals surface area (Å²) in [7, 11) is 1.67. The maximum Gasteiger partial charge on any atom is 0.118 e.